The van der Waals surface area contributed by atoms with Crippen LogP contribution in [0.25, 0.3) is 0 Å². The molecule has 1 fully saturated rings. The quantitative estimate of drug-likeness (QED) is 0.0165. The molecule has 1 rings (SSSR count). The summed E-state index contributed by atoms with van der Waals surface area (Å²) < 4.78 is 0. The lowest BCUT2D eigenvalue weighted by atomic mass is 9.97. The van der Waals surface area contributed by atoms with Gasteiger partial charge < -0.3 is 95.9 Å². The van der Waals surface area contributed by atoms with Gasteiger partial charge in [-0.05, 0) is 51.9 Å². The summed E-state index contributed by atoms with van der Waals surface area (Å²) in [6, 6.07) is -14.3. The van der Waals surface area contributed by atoms with Gasteiger partial charge in [0.05, 0.1) is 38.1 Å². The van der Waals surface area contributed by atoms with Gasteiger partial charge in [0.15, 0.2) is 5.96 Å². The van der Waals surface area contributed by atoms with Gasteiger partial charge in [0.2, 0.25) is 59.1 Å². The molecule has 0 saturated carbocycles. The molecule has 0 aromatic heterocycles. The van der Waals surface area contributed by atoms with Crippen LogP contribution in [-0.4, -0.2) is 200 Å². The summed E-state index contributed by atoms with van der Waals surface area (Å²) in [4.78, 5) is 170. The molecule has 74 heavy (non-hydrogen) atoms. The van der Waals surface area contributed by atoms with Crippen LogP contribution in [0.3, 0.4) is 0 Å². The van der Waals surface area contributed by atoms with Gasteiger partial charge in [-0.25, -0.2) is 0 Å². The first-order chi connectivity index (χ1) is 34.5. The maximum atomic E-state index is 13.7. The summed E-state index contributed by atoms with van der Waals surface area (Å²) in [6.45, 7) is 3.37. The van der Waals surface area contributed by atoms with E-state index in [0.29, 0.717) is 6.42 Å². The molecule has 32 nitrogen and oxygen atoms in total. The number of carbonyl (C=O) groups excluding carboxylic acids is 10. The number of aliphatic hydroxyl groups is 2. The Morgan fingerprint density at radius 1 is 0.676 bits per heavy atom. The fourth-order valence-corrected chi connectivity index (χ4v) is 6.99. The van der Waals surface area contributed by atoms with Crippen LogP contribution in [0.2, 0.25) is 0 Å². The van der Waals surface area contributed by atoms with E-state index < -0.39 is 176 Å². The zero-order valence-electron chi connectivity index (χ0n) is 41.3. The van der Waals surface area contributed by atoms with E-state index in [4.69, 9.17) is 33.1 Å². The van der Waals surface area contributed by atoms with Gasteiger partial charge in [0.1, 0.15) is 48.3 Å². The van der Waals surface area contributed by atoms with Crippen molar-refractivity contribution in [1.82, 2.24) is 47.4 Å². The smallest absolute Gasteiger partial charge is 0.325 e. The fraction of sp³-hybridized carbons (Fsp3) is 0.667. The molecule has 0 aromatic carbocycles. The van der Waals surface area contributed by atoms with Crippen molar-refractivity contribution < 1.29 is 87.9 Å². The molecule has 0 unspecified atom stereocenters. The van der Waals surface area contributed by atoms with Gasteiger partial charge in [-0.15, -0.1) is 0 Å². The molecule has 1 aliphatic heterocycles. The molecule has 11 atom stereocenters. The fourth-order valence-electron chi connectivity index (χ4n) is 6.99. The molecule has 32 heteroatoms. The Kier molecular flexibility index (Phi) is 27.5. The van der Waals surface area contributed by atoms with Crippen LogP contribution in [0.5, 0.6) is 0 Å². The maximum Gasteiger partial charge on any atom is 0.325 e. The highest BCUT2D eigenvalue weighted by Gasteiger charge is 2.39. The van der Waals surface area contributed by atoms with Crippen molar-refractivity contribution in [2.45, 2.75) is 146 Å². The number of carbonyl (C=O) groups is 13. The summed E-state index contributed by atoms with van der Waals surface area (Å²) >= 11 is 0. The monoisotopic (exact) mass is 1060 g/mol. The second kappa shape index (κ2) is 31.7. The minimum atomic E-state index is -2.00. The number of hydrogen-bond acceptors (Lipinski definition) is 17. The van der Waals surface area contributed by atoms with Gasteiger partial charge in [0, 0.05) is 19.5 Å². The number of likely N-dealkylation sites (tertiary alicyclic amines) is 1. The van der Waals surface area contributed by atoms with E-state index in [1.54, 1.807) is 6.92 Å². The van der Waals surface area contributed by atoms with E-state index in [0.717, 1.165) is 13.8 Å². The number of hydrogen-bond donors (Lipinski definition) is 17. The zero-order valence-corrected chi connectivity index (χ0v) is 41.3. The molecule has 0 aromatic rings. The highest BCUT2D eigenvalue weighted by Crippen LogP contribution is 2.20. The summed E-state index contributed by atoms with van der Waals surface area (Å²) in [5.74, 6) is -16.0. The number of aliphatic carboxylic acids is 3. The lowest BCUT2D eigenvalue weighted by Crippen LogP contribution is -2.62. The first-order valence-electron chi connectivity index (χ1n) is 23.3. The molecule has 416 valence electrons. The summed E-state index contributed by atoms with van der Waals surface area (Å²) in [7, 11) is 0. The number of rotatable bonds is 33. The number of carboxylic acids is 3. The Bertz CT molecular complexity index is 2090. The van der Waals surface area contributed by atoms with E-state index in [1.165, 1.54) is 11.8 Å². The van der Waals surface area contributed by atoms with Gasteiger partial charge >= 0.3 is 17.9 Å². The first kappa shape index (κ1) is 64.3. The number of primary amides is 1. The van der Waals surface area contributed by atoms with Crippen molar-refractivity contribution in [3.8, 4) is 0 Å². The van der Waals surface area contributed by atoms with E-state index >= 15 is 0 Å². The van der Waals surface area contributed by atoms with Gasteiger partial charge in [-0.3, -0.25) is 67.3 Å². The molecule has 0 aliphatic carbocycles. The third-order valence-electron chi connectivity index (χ3n) is 11.3. The number of nitrogens with two attached hydrogens (primary N) is 4. The third-order valence-corrected chi connectivity index (χ3v) is 11.3. The standard InChI is InChI=1S/C42H70N14O18/c1-5-18(2)31(38(70)52-24(15-30(63)64)36(68)55-32(20(4)58)39(71)51-23(14-27(44)59)35(67)49-19(3)41(73)74)54-28(60)16-48-33(65)25(17-57)53-34(66)22(8-6-12-47-42(45)46)50-37(69)26-9-7-13-56(26)40(72)21(43)10-11-29(61)62/h18-26,31-32,57-58H,5-17,43H2,1-4H3,(H2,44,59)(H,48,65)(H,49,67)(H,50,69)(H,51,71)(H,52,70)(H,53,66)(H,54,60)(H,55,68)(H,61,62)(H,63,64)(H,73,74)(H4,45,46,47)/t18-,19-,20+,21-,22-,23-,24-,25-,26-,31-,32-/m0/s1. The van der Waals surface area contributed by atoms with Crippen molar-refractivity contribution in [3.63, 3.8) is 0 Å². The number of nitrogens with zero attached hydrogens (tertiary/aromatic N) is 2. The van der Waals surface area contributed by atoms with Crippen LogP contribution >= 0.6 is 0 Å². The summed E-state index contributed by atoms with van der Waals surface area (Å²) in [6.07, 6.45) is -3.65. The molecular formula is C42H70N14O18. The van der Waals surface area contributed by atoms with Crippen molar-refractivity contribution in [2.75, 3.05) is 26.2 Å². The molecule has 1 heterocycles. The topological polar surface area (TPSA) is 539 Å². The highest BCUT2D eigenvalue weighted by molar-refractivity contribution is 5.99. The second-order valence-electron chi connectivity index (χ2n) is 17.3. The minimum Gasteiger partial charge on any atom is -0.481 e. The van der Waals surface area contributed by atoms with Crippen LogP contribution in [0.15, 0.2) is 4.99 Å². The maximum absolute atomic E-state index is 13.7. The van der Waals surface area contributed by atoms with Gasteiger partial charge in [-0.2, -0.15) is 0 Å². The Labute approximate surface area is 423 Å². The Morgan fingerprint density at radius 2 is 1.24 bits per heavy atom. The minimum absolute atomic E-state index is 0.00163. The number of amides is 10. The molecular weight excluding hydrogens is 989 g/mol. The summed E-state index contributed by atoms with van der Waals surface area (Å²) in [5.41, 5.74) is 21.8. The molecule has 1 aliphatic rings. The molecule has 10 amide bonds. The Morgan fingerprint density at radius 3 is 1.77 bits per heavy atom. The molecule has 0 spiro atoms. The number of guanidine groups is 1. The van der Waals surface area contributed by atoms with E-state index in [1.807, 2.05) is 5.32 Å². The summed E-state index contributed by atoms with van der Waals surface area (Å²) in [5, 5.41) is 65.8. The number of nitrogens with one attached hydrogen (secondary N) is 8. The largest absolute Gasteiger partial charge is 0.481 e. The van der Waals surface area contributed by atoms with E-state index in [-0.39, 0.29) is 51.2 Å². The zero-order chi connectivity index (χ0) is 56.6. The second-order valence-corrected chi connectivity index (χ2v) is 17.3. The Hall–Kier alpha value is -7.74. The predicted octanol–water partition coefficient (Wildman–Crippen LogP) is -8.39. The van der Waals surface area contributed by atoms with Crippen LogP contribution in [0.4, 0.5) is 0 Å². The van der Waals surface area contributed by atoms with E-state index in [9.17, 15) is 77.6 Å². The van der Waals surface area contributed by atoms with Crippen LogP contribution < -0.4 is 65.5 Å². The van der Waals surface area contributed by atoms with Crippen molar-refractivity contribution >= 4 is 82.9 Å². The molecule has 0 bridgehead atoms. The lowest BCUT2D eigenvalue weighted by Gasteiger charge is -2.29. The third kappa shape index (κ3) is 22.4. The first-order valence-corrected chi connectivity index (χ1v) is 23.3. The molecule has 21 N–H and O–H groups in total. The lowest BCUT2D eigenvalue weighted by molar-refractivity contribution is -0.142. The molecule has 1 saturated heterocycles. The van der Waals surface area contributed by atoms with Crippen LogP contribution in [-0.2, 0) is 62.3 Å². The highest BCUT2D eigenvalue weighted by atomic mass is 16.4. The van der Waals surface area contributed by atoms with Crippen molar-refractivity contribution in [2.24, 2.45) is 33.8 Å². The molecule has 0 radical (unpaired) electrons. The van der Waals surface area contributed by atoms with Crippen molar-refractivity contribution in [1.29, 1.82) is 0 Å². The van der Waals surface area contributed by atoms with Crippen LogP contribution in [0.1, 0.15) is 85.5 Å². The number of aliphatic hydroxyl groups excluding tert-OH is 2. The SMILES string of the molecule is CC[C@H](C)[C@H](NC(=O)CNC(=O)[C@H](CO)NC(=O)[C@H](CCCN=C(N)N)NC(=O)[C@@H]1CCCN1C(=O)[C@@H](N)CCC(=O)O)C(=O)N[C@@H](CC(=O)O)C(=O)N[C@H](C(=O)N[C@@H](CC(N)=O)C(=O)N[C@@H](C)C(=O)O)[C@@H](C)O. The van der Waals surface area contributed by atoms with Crippen LogP contribution in [0, 0.1) is 5.92 Å². The number of carboxylic acid groups (broad SMARTS) is 3. The number of aliphatic imine (C=N–C) groups is 1. The average molecular weight is 1060 g/mol. The van der Waals surface area contributed by atoms with Gasteiger partial charge in [-0.1, -0.05) is 20.3 Å². The van der Waals surface area contributed by atoms with E-state index in [2.05, 4.69) is 42.2 Å². The normalized spacial score (nSPS) is 17.0. The average Bonchev–Trinajstić information content (AvgIpc) is 3.82. The van der Waals surface area contributed by atoms with Gasteiger partial charge in [0.25, 0.3) is 0 Å². The van der Waals surface area contributed by atoms with Crippen molar-refractivity contribution in [3.05, 3.63) is 0 Å². The Balaban J connectivity index is 3.19. The predicted molar refractivity (Wildman–Crippen MR) is 254 cm³/mol.